The summed E-state index contributed by atoms with van der Waals surface area (Å²) < 4.78 is 36.1. The van der Waals surface area contributed by atoms with Crippen LogP contribution in [0.5, 0.6) is 11.5 Å². The third-order valence-corrected chi connectivity index (χ3v) is 6.37. The van der Waals surface area contributed by atoms with Crippen LogP contribution in [0.2, 0.25) is 0 Å². The number of sulfonamides is 1. The zero-order chi connectivity index (χ0) is 19.6. The van der Waals surface area contributed by atoms with Gasteiger partial charge >= 0.3 is 0 Å². The van der Waals surface area contributed by atoms with Crippen LogP contribution < -0.4 is 19.1 Å². The number of amides is 1. The molecule has 1 N–H and O–H groups in total. The van der Waals surface area contributed by atoms with Crippen molar-refractivity contribution in [2.75, 3.05) is 36.1 Å². The van der Waals surface area contributed by atoms with Crippen LogP contribution in [0.15, 0.2) is 36.4 Å². The average molecular weight is 390 g/mol. The van der Waals surface area contributed by atoms with Crippen molar-refractivity contribution in [2.24, 2.45) is 0 Å². The highest BCUT2D eigenvalue weighted by atomic mass is 32.2. The Kier molecular flexibility index (Phi) is 5.27. The molecule has 8 heteroatoms. The average Bonchev–Trinajstić information content (AvgIpc) is 3.02. The number of hydrogen-bond donors (Lipinski definition) is 1. The Bertz CT molecular complexity index is 972. The predicted octanol–water partition coefficient (Wildman–Crippen LogP) is 2.80. The Hall–Kier alpha value is -2.74. The number of nitrogens with one attached hydrogen (secondary N) is 1. The SMILES string of the molecule is COc1ccc(C(=O)Nc2cc(N3CCCS3(=O)=O)ccc2C)cc1OC. The fourth-order valence-electron chi connectivity index (χ4n) is 3.00. The Morgan fingerprint density at radius 2 is 1.81 bits per heavy atom. The Morgan fingerprint density at radius 3 is 2.44 bits per heavy atom. The Labute approximate surface area is 158 Å². The van der Waals surface area contributed by atoms with Gasteiger partial charge in [0.2, 0.25) is 10.0 Å². The number of anilines is 2. The van der Waals surface area contributed by atoms with Gasteiger partial charge in [-0.2, -0.15) is 0 Å². The van der Waals surface area contributed by atoms with Gasteiger partial charge in [-0.3, -0.25) is 9.10 Å². The maximum atomic E-state index is 12.7. The molecule has 2 aromatic carbocycles. The molecule has 0 aliphatic carbocycles. The highest BCUT2D eigenvalue weighted by molar-refractivity contribution is 7.93. The number of hydrogen-bond acceptors (Lipinski definition) is 5. The summed E-state index contributed by atoms with van der Waals surface area (Å²) in [7, 11) is -0.247. The summed E-state index contributed by atoms with van der Waals surface area (Å²) in [4.78, 5) is 12.7. The highest BCUT2D eigenvalue weighted by Crippen LogP contribution is 2.30. The molecule has 0 radical (unpaired) electrons. The first-order chi connectivity index (χ1) is 12.9. The van der Waals surface area contributed by atoms with Crippen molar-refractivity contribution in [1.82, 2.24) is 0 Å². The van der Waals surface area contributed by atoms with Gasteiger partial charge in [0.15, 0.2) is 11.5 Å². The van der Waals surface area contributed by atoms with Crippen LogP contribution in [0.4, 0.5) is 11.4 Å². The maximum Gasteiger partial charge on any atom is 0.255 e. The Morgan fingerprint density at radius 1 is 1.07 bits per heavy atom. The smallest absolute Gasteiger partial charge is 0.255 e. The molecule has 3 rings (SSSR count). The summed E-state index contributed by atoms with van der Waals surface area (Å²) >= 11 is 0. The topological polar surface area (TPSA) is 84.9 Å². The second-order valence-corrected chi connectivity index (χ2v) is 8.28. The molecule has 144 valence electrons. The van der Waals surface area contributed by atoms with Crippen LogP contribution >= 0.6 is 0 Å². The molecule has 1 saturated heterocycles. The van der Waals surface area contributed by atoms with Gasteiger partial charge in [0.1, 0.15) is 0 Å². The fourth-order valence-corrected chi connectivity index (χ4v) is 4.56. The fraction of sp³-hybridized carbons (Fsp3) is 0.316. The summed E-state index contributed by atoms with van der Waals surface area (Å²) in [5, 5.41) is 2.85. The summed E-state index contributed by atoms with van der Waals surface area (Å²) in [6.45, 7) is 2.31. The molecular weight excluding hydrogens is 368 g/mol. The van der Waals surface area contributed by atoms with Gasteiger partial charge in [0, 0.05) is 17.8 Å². The molecule has 1 aliphatic heterocycles. The molecule has 0 bridgehead atoms. The van der Waals surface area contributed by atoms with E-state index in [0.29, 0.717) is 41.4 Å². The molecule has 1 aliphatic rings. The molecule has 27 heavy (non-hydrogen) atoms. The van der Waals surface area contributed by atoms with Crippen molar-refractivity contribution in [1.29, 1.82) is 0 Å². The van der Waals surface area contributed by atoms with Crippen molar-refractivity contribution < 1.29 is 22.7 Å². The molecular formula is C19H22N2O5S. The predicted molar refractivity (Wildman–Crippen MR) is 104 cm³/mol. The van der Waals surface area contributed by atoms with Crippen molar-refractivity contribution in [2.45, 2.75) is 13.3 Å². The molecule has 1 heterocycles. The highest BCUT2D eigenvalue weighted by Gasteiger charge is 2.28. The van der Waals surface area contributed by atoms with Crippen molar-refractivity contribution >= 4 is 27.3 Å². The van der Waals surface area contributed by atoms with Crippen LogP contribution in [0.3, 0.4) is 0 Å². The number of rotatable bonds is 5. The van der Waals surface area contributed by atoms with Crippen molar-refractivity contribution in [3.05, 3.63) is 47.5 Å². The van der Waals surface area contributed by atoms with E-state index in [1.165, 1.54) is 18.5 Å². The summed E-state index contributed by atoms with van der Waals surface area (Å²) in [5.74, 6) is 0.819. The first kappa shape index (κ1) is 19.0. The second kappa shape index (κ2) is 7.48. The quantitative estimate of drug-likeness (QED) is 0.849. The molecule has 0 saturated carbocycles. The van der Waals surface area contributed by atoms with E-state index in [-0.39, 0.29) is 11.7 Å². The summed E-state index contributed by atoms with van der Waals surface area (Å²) in [5.41, 5.74) is 2.37. The van der Waals surface area contributed by atoms with E-state index in [9.17, 15) is 13.2 Å². The second-order valence-electron chi connectivity index (χ2n) is 6.26. The van der Waals surface area contributed by atoms with Gasteiger partial charge in [0.25, 0.3) is 5.91 Å². The molecule has 0 spiro atoms. The standard InChI is InChI=1S/C19H22N2O5S/c1-13-5-7-15(21-9-4-10-27(21,23)24)12-16(13)20-19(22)14-6-8-17(25-2)18(11-14)26-3/h5-8,11-12H,4,9-10H2,1-3H3,(H,20,22). The minimum atomic E-state index is -3.28. The van der Waals surface area contributed by atoms with Crippen molar-refractivity contribution in [3.63, 3.8) is 0 Å². The van der Waals surface area contributed by atoms with Gasteiger partial charge in [0.05, 0.1) is 25.7 Å². The van der Waals surface area contributed by atoms with E-state index in [2.05, 4.69) is 5.32 Å². The molecule has 1 amide bonds. The first-order valence-electron chi connectivity index (χ1n) is 8.50. The maximum absolute atomic E-state index is 12.7. The van der Waals surface area contributed by atoms with E-state index >= 15 is 0 Å². The Balaban J connectivity index is 1.87. The lowest BCUT2D eigenvalue weighted by molar-refractivity contribution is 0.102. The number of carbonyl (C=O) groups excluding carboxylic acids is 1. The molecule has 0 atom stereocenters. The zero-order valence-electron chi connectivity index (χ0n) is 15.5. The van der Waals surface area contributed by atoms with Crippen molar-refractivity contribution in [3.8, 4) is 11.5 Å². The molecule has 7 nitrogen and oxygen atoms in total. The number of carbonyl (C=O) groups is 1. The van der Waals surface area contributed by atoms with Crippen LogP contribution in [0, 0.1) is 6.92 Å². The number of nitrogens with zero attached hydrogens (tertiary/aromatic N) is 1. The summed E-state index contributed by atoms with van der Waals surface area (Å²) in [6, 6.07) is 10.1. The first-order valence-corrected chi connectivity index (χ1v) is 10.1. The lowest BCUT2D eigenvalue weighted by Gasteiger charge is -2.19. The van der Waals surface area contributed by atoms with E-state index in [1.54, 1.807) is 36.4 Å². The van der Waals surface area contributed by atoms with Crippen LogP contribution in [-0.4, -0.2) is 40.8 Å². The van der Waals surface area contributed by atoms with Gasteiger partial charge in [-0.1, -0.05) is 6.07 Å². The van der Waals surface area contributed by atoms with E-state index < -0.39 is 10.0 Å². The van der Waals surface area contributed by atoms with Gasteiger partial charge in [-0.05, 0) is 49.2 Å². The lowest BCUT2D eigenvalue weighted by Crippen LogP contribution is -2.25. The van der Waals surface area contributed by atoms with Gasteiger partial charge < -0.3 is 14.8 Å². The van der Waals surface area contributed by atoms with Crippen LogP contribution in [-0.2, 0) is 10.0 Å². The molecule has 0 aromatic heterocycles. The monoisotopic (exact) mass is 390 g/mol. The van der Waals surface area contributed by atoms with E-state index in [1.807, 2.05) is 6.92 Å². The minimum absolute atomic E-state index is 0.147. The van der Waals surface area contributed by atoms with Crippen LogP contribution in [0.1, 0.15) is 22.3 Å². The number of ether oxygens (including phenoxy) is 2. The third-order valence-electron chi connectivity index (χ3n) is 4.50. The van der Waals surface area contributed by atoms with E-state index in [4.69, 9.17) is 9.47 Å². The lowest BCUT2D eigenvalue weighted by atomic mass is 10.1. The zero-order valence-corrected chi connectivity index (χ0v) is 16.3. The summed E-state index contributed by atoms with van der Waals surface area (Å²) in [6.07, 6.45) is 0.601. The van der Waals surface area contributed by atoms with E-state index in [0.717, 1.165) is 5.56 Å². The van der Waals surface area contributed by atoms with Gasteiger partial charge in [-0.25, -0.2) is 8.42 Å². The largest absolute Gasteiger partial charge is 0.493 e. The number of aryl methyl sites for hydroxylation is 1. The minimum Gasteiger partial charge on any atom is -0.493 e. The molecule has 1 fully saturated rings. The third kappa shape index (κ3) is 3.85. The van der Waals surface area contributed by atoms with Gasteiger partial charge in [-0.15, -0.1) is 0 Å². The number of methoxy groups -OCH3 is 2. The normalized spacial score (nSPS) is 15.4. The van der Waals surface area contributed by atoms with Crippen LogP contribution in [0.25, 0.3) is 0 Å². The molecule has 0 unspecified atom stereocenters. The molecule has 2 aromatic rings. The number of benzene rings is 2.